The van der Waals surface area contributed by atoms with E-state index in [9.17, 15) is 24.3 Å². The Hall–Kier alpha value is -2.98. The van der Waals surface area contributed by atoms with Crippen molar-refractivity contribution in [1.29, 1.82) is 0 Å². The molecule has 0 aliphatic rings. The summed E-state index contributed by atoms with van der Waals surface area (Å²) in [4.78, 5) is 48.7. The normalized spacial score (nSPS) is 15.6. The second-order valence-corrected chi connectivity index (χ2v) is 7.48. The number of carbonyl (C=O) groups is 4. The Labute approximate surface area is 181 Å². The zero-order valence-corrected chi connectivity index (χ0v) is 18.0. The third-order valence-corrected chi connectivity index (χ3v) is 4.98. The Kier molecular flexibility index (Phi) is 10.6. The van der Waals surface area contributed by atoms with Crippen molar-refractivity contribution >= 4 is 23.7 Å². The van der Waals surface area contributed by atoms with Crippen LogP contribution < -0.4 is 21.7 Å². The summed E-state index contributed by atoms with van der Waals surface area (Å²) in [6, 6.07) is 4.50. The van der Waals surface area contributed by atoms with Gasteiger partial charge in [-0.15, -0.1) is 0 Å². The van der Waals surface area contributed by atoms with E-state index in [4.69, 9.17) is 10.8 Å². The average Bonchev–Trinajstić information content (AvgIpc) is 2.75. The number of aliphatic carboxylic acids is 1. The molecule has 0 aliphatic carbocycles. The van der Waals surface area contributed by atoms with Gasteiger partial charge in [-0.05, 0) is 18.4 Å². The number of benzene rings is 1. The van der Waals surface area contributed by atoms with Gasteiger partial charge in [-0.25, -0.2) is 4.79 Å². The molecular weight excluding hydrogens is 404 g/mol. The first kappa shape index (κ1) is 26.1. The summed E-state index contributed by atoms with van der Waals surface area (Å²) in [5, 5.41) is 25.9. The zero-order chi connectivity index (χ0) is 23.6. The Morgan fingerprint density at radius 3 is 2.10 bits per heavy atom. The largest absolute Gasteiger partial charge is 0.480 e. The molecule has 0 aromatic heterocycles. The van der Waals surface area contributed by atoms with E-state index in [1.165, 1.54) is 6.92 Å². The number of aliphatic hydroxyl groups excluding tert-OH is 1. The first-order chi connectivity index (χ1) is 14.6. The van der Waals surface area contributed by atoms with Crippen LogP contribution in [0, 0.1) is 5.92 Å². The van der Waals surface area contributed by atoms with Crippen LogP contribution in [0.3, 0.4) is 0 Å². The maximum atomic E-state index is 12.7. The second-order valence-electron chi connectivity index (χ2n) is 7.48. The van der Waals surface area contributed by atoms with E-state index in [0.717, 1.165) is 5.56 Å². The Balaban J connectivity index is 2.79. The van der Waals surface area contributed by atoms with E-state index in [-0.39, 0.29) is 12.3 Å². The monoisotopic (exact) mass is 436 g/mol. The summed E-state index contributed by atoms with van der Waals surface area (Å²) < 4.78 is 0. The number of carboxylic acid groups (broad SMARTS) is 1. The van der Waals surface area contributed by atoms with Crippen molar-refractivity contribution in [3.05, 3.63) is 35.9 Å². The quantitative estimate of drug-likeness (QED) is 0.248. The molecule has 172 valence electrons. The molecule has 5 unspecified atom stereocenters. The van der Waals surface area contributed by atoms with Gasteiger partial charge < -0.3 is 31.9 Å². The molecule has 0 saturated carbocycles. The lowest BCUT2D eigenvalue weighted by molar-refractivity contribution is -0.142. The maximum Gasteiger partial charge on any atom is 0.326 e. The molecule has 10 nitrogen and oxygen atoms in total. The molecule has 0 fully saturated rings. The van der Waals surface area contributed by atoms with Gasteiger partial charge >= 0.3 is 5.97 Å². The number of aliphatic hydroxyl groups is 1. The SMILES string of the molecule is CCC(C)C(NC(=O)C(N)CO)C(=O)NC(C)C(=O)NC(Cc1ccccc1)C(=O)O. The second kappa shape index (κ2) is 12.7. The van der Waals surface area contributed by atoms with E-state index < -0.39 is 54.5 Å². The van der Waals surface area contributed by atoms with E-state index in [2.05, 4.69) is 16.0 Å². The highest BCUT2D eigenvalue weighted by molar-refractivity contribution is 5.94. The molecule has 1 rings (SSSR count). The van der Waals surface area contributed by atoms with Crippen LogP contribution in [-0.2, 0) is 25.6 Å². The summed E-state index contributed by atoms with van der Waals surface area (Å²) in [6.45, 7) is 4.43. The van der Waals surface area contributed by atoms with Crippen molar-refractivity contribution in [2.45, 2.75) is 57.8 Å². The minimum absolute atomic E-state index is 0.0905. The maximum absolute atomic E-state index is 12.7. The van der Waals surface area contributed by atoms with Crippen molar-refractivity contribution in [2.24, 2.45) is 11.7 Å². The molecule has 0 spiro atoms. The van der Waals surface area contributed by atoms with Crippen LogP contribution in [-0.4, -0.2) is 64.7 Å². The van der Waals surface area contributed by atoms with Gasteiger partial charge in [-0.2, -0.15) is 0 Å². The van der Waals surface area contributed by atoms with Crippen LogP contribution in [0.1, 0.15) is 32.8 Å². The number of rotatable bonds is 12. The van der Waals surface area contributed by atoms with Gasteiger partial charge in [0.1, 0.15) is 24.2 Å². The van der Waals surface area contributed by atoms with Crippen LogP contribution >= 0.6 is 0 Å². The number of nitrogens with two attached hydrogens (primary N) is 1. The van der Waals surface area contributed by atoms with Crippen LogP contribution in [0.15, 0.2) is 30.3 Å². The lowest BCUT2D eigenvalue weighted by Crippen LogP contribution is -2.58. The van der Waals surface area contributed by atoms with Gasteiger partial charge in [0, 0.05) is 6.42 Å². The Morgan fingerprint density at radius 2 is 1.58 bits per heavy atom. The van der Waals surface area contributed by atoms with Crippen molar-refractivity contribution in [3.63, 3.8) is 0 Å². The topological polar surface area (TPSA) is 171 Å². The molecule has 1 aromatic carbocycles. The van der Waals surface area contributed by atoms with Crippen molar-refractivity contribution in [1.82, 2.24) is 16.0 Å². The van der Waals surface area contributed by atoms with E-state index in [0.29, 0.717) is 6.42 Å². The van der Waals surface area contributed by atoms with Crippen LogP contribution in [0.25, 0.3) is 0 Å². The molecule has 0 radical (unpaired) electrons. The van der Waals surface area contributed by atoms with Crippen LogP contribution in [0.5, 0.6) is 0 Å². The smallest absolute Gasteiger partial charge is 0.326 e. The lowest BCUT2D eigenvalue weighted by Gasteiger charge is -2.26. The molecule has 10 heteroatoms. The summed E-state index contributed by atoms with van der Waals surface area (Å²) in [5.41, 5.74) is 6.23. The lowest BCUT2D eigenvalue weighted by atomic mass is 9.97. The summed E-state index contributed by atoms with van der Waals surface area (Å²) in [6.07, 6.45) is 0.651. The number of amides is 3. The Bertz CT molecular complexity index is 757. The average molecular weight is 437 g/mol. The van der Waals surface area contributed by atoms with Crippen molar-refractivity contribution in [2.75, 3.05) is 6.61 Å². The molecule has 1 aromatic rings. The highest BCUT2D eigenvalue weighted by atomic mass is 16.4. The highest BCUT2D eigenvalue weighted by Gasteiger charge is 2.30. The van der Waals surface area contributed by atoms with Gasteiger partial charge in [-0.3, -0.25) is 14.4 Å². The summed E-state index contributed by atoms with van der Waals surface area (Å²) >= 11 is 0. The third kappa shape index (κ3) is 8.35. The number of carbonyl (C=O) groups excluding carboxylic acids is 3. The third-order valence-electron chi connectivity index (χ3n) is 4.98. The van der Waals surface area contributed by atoms with Gasteiger partial charge in [0.15, 0.2) is 0 Å². The minimum Gasteiger partial charge on any atom is -0.480 e. The molecule has 0 bridgehead atoms. The minimum atomic E-state index is -1.20. The zero-order valence-electron chi connectivity index (χ0n) is 18.0. The Morgan fingerprint density at radius 1 is 0.968 bits per heavy atom. The molecule has 31 heavy (non-hydrogen) atoms. The first-order valence-corrected chi connectivity index (χ1v) is 10.1. The van der Waals surface area contributed by atoms with Gasteiger partial charge in [-0.1, -0.05) is 50.6 Å². The number of nitrogens with one attached hydrogen (secondary N) is 3. The molecule has 3 amide bonds. The van der Waals surface area contributed by atoms with E-state index >= 15 is 0 Å². The van der Waals surface area contributed by atoms with Gasteiger partial charge in [0.25, 0.3) is 0 Å². The molecule has 0 aliphatic heterocycles. The van der Waals surface area contributed by atoms with Gasteiger partial charge in [0.05, 0.1) is 6.61 Å². The number of hydrogen-bond acceptors (Lipinski definition) is 6. The predicted molar refractivity (Wildman–Crippen MR) is 114 cm³/mol. The molecule has 0 saturated heterocycles. The van der Waals surface area contributed by atoms with Crippen LogP contribution in [0.4, 0.5) is 0 Å². The van der Waals surface area contributed by atoms with E-state index in [1.807, 2.05) is 6.92 Å². The van der Waals surface area contributed by atoms with Crippen molar-refractivity contribution < 1.29 is 29.4 Å². The molecular formula is C21H32N4O6. The molecule has 0 heterocycles. The highest BCUT2D eigenvalue weighted by Crippen LogP contribution is 2.09. The number of hydrogen-bond donors (Lipinski definition) is 6. The first-order valence-electron chi connectivity index (χ1n) is 10.1. The van der Waals surface area contributed by atoms with Gasteiger partial charge in [0.2, 0.25) is 17.7 Å². The fraction of sp³-hybridized carbons (Fsp3) is 0.524. The van der Waals surface area contributed by atoms with E-state index in [1.54, 1.807) is 37.3 Å². The van der Waals surface area contributed by atoms with Crippen LogP contribution in [0.2, 0.25) is 0 Å². The van der Waals surface area contributed by atoms with Crippen molar-refractivity contribution in [3.8, 4) is 0 Å². The number of carboxylic acids is 1. The molecule has 7 N–H and O–H groups in total. The fourth-order valence-corrected chi connectivity index (χ4v) is 2.76. The fourth-order valence-electron chi connectivity index (χ4n) is 2.76. The predicted octanol–water partition coefficient (Wildman–Crippen LogP) is -0.846. The standard InChI is InChI=1S/C21H32N4O6/c1-4-12(2)17(25-19(28)15(22)11-26)20(29)23-13(3)18(27)24-16(21(30)31)10-14-8-6-5-7-9-14/h5-9,12-13,15-17,26H,4,10-11,22H2,1-3H3,(H,23,29)(H,24,27)(H,25,28)(H,30,31). The summed E-state index contributed by atoms with van der Waals surface area (Å²) in [7, 11) is 0. The molecule has 5 atom stereocenters. The summed E-state index contributed by atoms with van der Waals surface area (Å²) in [5.74, 6) is -3.43.